The molecule has 18 heavy (non-hydrogen) atoms. The minimum Gasteiger partial charge on any atom is -0.390 e. The zero-order valence-corrected chi connectivity index (χ0v) is 12.3. The lowest BCUT2D eigenvalue weighted by molar-refractivity contribution is -0.142. The Hall–Kier alpha value is -0.683. The predicted molar refractivity (Wildman–Crippen MR) is 74.5 cm³/mol. The van der Waals surface area contributed by atoms with Crippen molar-refractivity contribution in [1.29, 1.82) is 0 Å². The number of aliphatic hydroxyl groups excluding tert-OH is 1. The Kier molecular flexibility index (Phi) is 3.64. The van der Waals surface area contributed by atoms with Crippen molar-refractivity contribution in [2.45, 2.75) is 43.9 Å². The van der Waals surface area contributed by atoms with Crippen molar-refractivity contribution in [2.75, 3.05) is 6.61 Å². The Balaban J connectivity index is 2.34. The van der Waals surface area contributed by atoms with E-state index in [4.69, 9.17) is 4.74 Å². The first-order valence-corrected chi connectivity index (χ1v) is 9.45. The van der Waals surface area contributed by atoms with Crippen LogP contribution in [-0.4, -0.2) is 42.3 Å². The molecular formula is C14H22O3Si. The van der Waals surface area contributed by atoms with Gasteiger partial charge in [-0.3, -0.25) is 0 Å². The summed E-state index contributed by atoms with van der Waals surface area (Å²) in [5.41, 5.74) is 0. The van der Waals surface area contributed by atoms with E-state index >= 15 is 0 Å². The molecule has 1 heterocycles. The van der Waals surface area contributed by atoms with E-state index < -0.39 is 19.4 Å². The molecule has 1 saturated heterocycles. The number of ether oxygens (including phenoxy) is 1. The van der Waals surface area contributed by atoms with Gasteiger partial charge in [-0.15, -0.1) is 0 Å². The SMILES string of the molecule is C[C@H]1C[C@H](O)[C@@](O)([Si](C)(C)c2ccccc2)CO1. The van der Waals surface area contributed by atoms with Crippen LogP contribution in [0.1, 0.15) is 13.3 Å². The maximum absolute atomic E-state index is 10.9. The molecule has 1 aromatic carbocycles. The first-order chi connectivity index (χ1) is 8.38. The Morgan fingerprint density at radius 1 is 1.28 bits per heavy atom. The van der Waals surface area contributed by atoms with Crippen molar-refractivity contribution in [3.05, 3.63) is 30.3 Å². The standard InChI is InChI=1S/C14H22O3Si/c1-11-9-13(15)14(16,10-17-11)18(2,3)12-7-5-4-6-8-12/h4-8,11,13,15-16H,9-10H2,1-3H3/t11-,13-,14-/m0/s1. The van der Waals surface area contributed by atoms with Gasteiger partial charge in [-0.25, -0.2) is 0 Å². The third kappa shape index (κ3) is 2.14. The quantitative estimate of drug-likeness (QED) is 0.787. The molecule has 3 nitrogen and oxygen atoms in total. The molecule has 100 valence electrons. The van der Waals surface area contributed by atoms with Crippen LogP contribution in [0.15, 0.2) is 30.3 Å². The largest absolute Gasteiger partial charge is 0.390 e. The fourth-order valence-corrected chi connectivity index (χ4v) is 5.57. The Bertz CT molecular complexity index is 407. The highest BCUT2D eigenvalue weighted by Gasteiger charge is 2.54. The van der Waals surface area contributed by atoms with Crippen molar-refractivity contribution < 1.29 is 14.9 Å². The van der Waals surface area contributed by atoms with Gasteiger partial charge in [0.25, 0.3) is 0 Å². The smallest absolute Gasteiger partial charge is 0.123 e. The summed E-state index contributed by atoms with van der Waals surface area (Å²) >= 11 is 0. The Labute approximate surface area is 109 Å². The highest BCUT2D eigenvalue weighted by molar-refractivity contribution is 6.92. The predicted octanol–water partition coefficient (Wildman–Crippen LogP) is 1.04. The summed E-state index contributed by atoms with van der Waals surface area (Å²) in [6.07, 6.45) is -0.191. The van der Waals surface area contributed by atoms with E-state index in [0.717, 1.165) is 5.19 Å². The second kappa shape index (κ2) is 4.77. The molecule has 3 atom stereocenters. The maximum atomic E-state index is 10.9. The molecule has 4 heteroatoms. The maximum Gasteiger partial charge on any atom is 0.123 e. The summed E-state index contributed by atoms with van der Waals surface area (Å²) in [4.78, 5) is 0. The number of benzene rings is 1. The van der Waals surface area contributed by atoms with Crippen molar-refractivity contribution in [1.82, 2.24) is 0 Å². The zero-order chi connectivity index (χ0) is 13.4. The van der Waals surface area contributed by atoms with Crippen molar-refractivity contribution in [3.63, 3.8) is 0 Å². The Morgan fingerprint density at radius 2 is 1.89 bits per heavy atom. The summed E-state index contributed by atoms with van der Waals surface area (Å²) < 4.78 is 5.60. The summed E-state index contributed by atoms with van der Waals surface area (Å²) in [7, 11) is -2.21. The minimum absolute atomic E-state index is 0.0147. The lowest BCUT2D eigenvalue weighted by Crippen LogP contribution is -2.72. The van der Waals surface area contributed by atoms with Gasteiger partial charge in [-0.05, 0) is 6.92 Å². The van der Waals surface area contributed by atoms with Crippen molar-refractivity contribution >= 4 is 13.3 Å². The summed E-state index contributed by atoms with van der Waals surface area (Å²) in [6.45, 7) is 6.33. The van der Waals surface area contributed by atoms with E-state index in [1.54, 1.807) is 0 Å². The van der Waals surface area contributed by atoms with Crippen molar-refractivity contribution in [2.24, 2.45) is 0 Å². The van der Waals surface area contributed by atoms with Gasteiger partial charge in [0.1, 0.15) is 13.3 Å². The van der Waals surface area contributed by atoms with Gasteiger partial charge in [0, 0.05) is 6.42 Å². The molecular weight excluding hydrogens is 244 g/mol. The number of hydrogen-bond acceptors (Lipinski definition) is 3. The third-order valence-corrected chi connectivity index (χ3v) is 8.69. The highest BCUT2D eigenvalue weighted by atomic mass is 28.3. The average molecular weight is 266 g/mol. The fraction of sp³-hybridized carbons (Fsp3) is 0.571. The molecule has 0 saturated carbocycles. The van der Waals surface area contributed by atoms with Gasteiger partial charge < -0.3 is 14.9 Å². The van der Waals surface area contributed by atoms with E-state index in [2.05, 4.69) is 13.1 Å². The monoisotopic (exact) mass is 266 g/mol. The number of hydrogen-bond donors (Lipinski definition) is 2. The van der Waals surface area contributed by atoms with Crippen molar-refractivity contribution in [3.8, 4) is 0 Å². The van der Waals surface area contributed by atoms with Gasteiger partial charge in [0.2, 0.25) is 0 Å². The number of aliphatic hydroxyl groups is 2. The number of rotatable bonds is 2. The van der Waals surface area contributed by atoms with Crippen LogP contribution in [0.2, 0.25) is 13.1 Å². The minimum atomic E-state index is -2.21. The lowest BCUT2D eigenvalue weighted by Gasteiger charge is -2.48. The van der Waals surface area contributed by atoms with E-state index in [9.17, 15) is 10.2 Å². The molecule has 1 aliphatic heterocycles. The Morgan fingerprint density at radius 3 is 2.44 bits per heavy atom. The van der Waals surface area contributed by atoms with Crippen LogP contribution in [0.4, 0.5) is 0 Å². The van der Waals surface area contributed by atoms with Gasteiger partial charge in [0.05, 0.1) is 18.8 Å². The lowest BCUT2D eigenvalue weighted by atomic mass is 10.0. The molecule has 0 radical (unpaired) electrons. The van der Waals surface area contributed by atoms with E-state index in [0.29, 0.717) is 6.42 Å². The highest BCUT2D eigenvalue weighted by Crippen LogP contribution is 2.32. The molecule has 0 unspecified atom stereocenters. The van der Waals surface area contributed by atoms with Gasteiger partial charge >= 0.3 is 0 Å². The topological polar surface area (TPSA) is 49.7 Å². The summed E-state index contributed by atoms with van der Waals surface area (Å²) in [6, 6.07) is 10.00. The van der Waals surface area contributed by atoms with Gasteiger partial charge in [-0.2, -0.15) is 0 Å². The molecule has 2 rings (SSSR count). The second-order valence-electron chi connectivity index (χ2n) is 5.79. The zero-order valence-electron chi connectivity index (χ0n) is 11.3. The van der Waals surface area contributed by atoms with Crippen LogP contribution in [0.25, 0.3) is 0 Å². The van der Waals surface area contributed by atoms with Crippen LogP contribution in [0.5, 0.6) is 0 Å². The van der Waals surface area contributed by atoms with E-state index in [1.807, 2.05) is 37.3 Å². The van der Waals surface area contributed by atoms with Crippen LogP contribution in [-0.2, 0) is 4.74 Å². The molecule has 2 N–H and O–H groups in total. The summed E-state index contributed by atoms with van der Waals surface area (Å²) in [5, 5.41) is 21.3. The third-order valence-electron chi connectivity index (χ3n) is 4.27. The van der Waals surface area contributed by atoms with Crippen LogP contribution in [0, 0.1) is 0 Å². The van der Waals surface area contributed by atoms with E-state index in [1.165, 1.54) is 0 Å². The normalized spacial score (nSPS) is 33.4. The van der Waals surface area contributed by atoms with Crippen LogP contribution >= 0.6 is 0 Å². The first-order valence-electron chi connectivity index (χ1n) is 6.45. The first kappa shape index (κ1) is 13.7. The second-order valence-corrected chi connectivity index (χ2v) is 10.5. The van der Waals surface area contributed by atoms with Gasteiger partial charge in [0.15, 0.2) is 0 Å². The van der Waals surface area contributed by atoms with Crippen LogP contribution < -0.4 is 5.19 Å². The molecule has 0 aliphatic carbocycles. The molecule has 1 aromatic rings. The average Bonchev–Trinajstić information content (AvgIpc) is 2.35. The molecule has 1 fully saturated rings. The molecule has 0 spiro atoms. The van der Waals surface area contributed by atoms with E-state index in [-0.39, 0.29) is 12.7 Å². The molecule has 0 bridgehead atoms. The molecule has 1 aliphatic rings. The summed E-state index contributed by atoms with van der Waals surface area (Å²) in [5.74, 6) is 0. The van der Waals surface area contributed by atoms with Gasteiger partial charge in [-0.1, -0.05) is 48.6 Å². The molecule has 0 aromatic heterocycles. The van der Waals surface area contributed by atoms with Crippen LogP contribution in [0.3, 0.4) is 0 Å². The fourth-order valence-electron chi connectivity index (χ4n) is 2.64. The molecule has 0 amide bonds.